The number of nitrogens with one attached hydrogen (secondary N) is 1. The lowest BCUT2D eigenvalue weighted by Crippen LogP contribution is -2.36. The molecule has 0 saturated carbocycles. The van der Waals surface area contributed by atoms with Gasteiger partial charge in [-0.15, -0.1) is 8.78 Å². The molecule has 150 valence electrons. The summed E-state index contributed by atoms with van der Waals surface area (Å²) < 4.78 is 61.8. The Hall–Kier alpha value is -3.41. The molecule has 0 aliphatic carbocycles. The van der Waals surface area contributed by atoms with Crippen LogP contribution in [-0.4, -0.2) is 38.9 Å². The maximum Gasteiger partial charge on any atom is 0.586 e. The Morgan fingerprint density at radius 1 is 1.17 bits per heavy atom. The first kappa shape index (κ1) is 18.9. The predicted octanol–water partition coefficient (Wildman–Crippen LogP) is 3.71. The Morgan fingerprint density at radius 2 is 1.90 bits per heavy atom. The van der Waals surface area contributed by atoms with Crippen molar-refractivity contribution in [3.05, 3.63) is 47.5 Å². The third kappa shape index (κ3) is 3.53. The number of hydrogen-bond donors (Lipinski definition) is 1. The first-order valence-electron chi connectivity index (χ1n) is 7.78. The van der Waals surface area contributed by atoms with Gasteiger partial charge in [-0.3, -0.25) is 14.9 Å². The molecule has 0 spiro atoms. The van der Waals surface area contributed by atoms with E-state index in [0.717, 1.165) is 24.5 Å². The number of nitrogens with zero attached hydrogens (tertiary/aromatic N) is 4. The zero-order valence-corrected chi connectivity index (χ0v) is 14.7. The van der Waals surface area contributed by atoms with Gasteiger partial charge in [0.2, 0.25) is 0 Å². The quantitative estimate of drug-likeness (QED) is 0.502. The SMILES string of the molecule is O=C(c1ccn[nH]1)N(c1cnc(-c2cc3c(cc2Cl)OC(F)(F)O3)cn1)C(F)F. The number of rotatable bonds is 4. The lowest BCUT2D eigenvalue weighted by atomic mass is 10.1. The van der Waals surface area contributed by atoms with E-state index in [1.165, 1.54) is 12.3 Å². The Bertz CT molecular complexity index is 1060. The van der Waals surface area contributed by atoms with Crippen LogP contribution < -0.4 is 14.4 Å². The van der Waals surface area contributed by atoms with Crippen molar-refractivity contribution in [3.8, 4) is 22.8 Å². The summed E-state index contributed by atoms with van der Waals surface area (Å²) in [6, 6.07) is 3.49. The first-order chi connectivity index (χ1) is 13.7. The van der Waals surface area contributed by atoms with Gasteiger partial charge in [-0.1, -0.05) is 11.6 Å². The Morgan fingerprint density at radius 3 is 2.48 bits per heavy atom. The van der Waals surface area contributed by atoms with E-state index in [4.69, 9.17) is 11.6 Å². The monoisotopic (exact) mass is 429 g/mol. The van der Waals surface area contributed by atoms with Crippen molar-refractivity contribution in [2.75, 3.05) is 4.90 Å². The van der Waals surface area contributed by atoms with Crippen LogP contribution in [0.1, 0.15) is 10.5 Å². The standard InChI is InChI=1S/C16H8ClF4N5O3/c17-8-4-12-11(28-16(20,21)29-12)3-7(8)10-5-23-13(6-22-10)26(15(18)19)14(27)9-1-2-24-25-9/h1-6,15H,(H,24,25). The van der Waals surface area contributed by atoms with Crippen LogP contribution in [0.25, 0.3) is 11.3 Å². The minimum atomic E-state index is -3.83. The molecule has 8 nitrogen and oxygen atoms in total. The maximum atomic E-state index is 13.4. The number of benzene rings is 1. The second-order valence-corrected chi connectivity index (χ2v) is 6.04. The number of fused-ring (bicyclic) bond motifs is 1. The first-order valence-corrected chi connectivity index (χ1v) is 8.16. The number of carbonyl (C=O) groups is 1. The summed E-state index contributed by atoms with van der Waals surface area (Å²) in [6.07, 6.45) is -0.612. The van der Waals surface area contributed by atoms with Crippen LogP contribution in [0.5, 0.6) is 11.5 Å². The summed E-state index contributed by atoms with van der Waals surface area (Å²) in [4.78, 5) is 20.1. The number of H-pyrrole nitrogens is 1. The summed E-state index contributed by atoms with van der Waals surface area (Å²) in [7, 11) is 0. The lowest BCUT2D eigenvalue weighted by Gasteiger charge is -2.19. The Balaban J connectivity index is 1.65. The molecule has 1 N–H and O–H groups in total. The van der Waals surface area contributed by atoms with Crippen LogP contribution in [-0.2, 0) is 0 Å². The second-order valence-electron chi connectivity index (χ2n) is 5.63. The number of alkyl halides is 4. The molecular weight excluding hydrogens is 422 g/mol. The van der Waals surface area contributed by atoms with Crippen molar-refractivity contribution in [1.82, 2.24) is 20.2 Å². The van der Waals surface area contributed by atoms with E-state index in [0.29, 0.717) is 0 Å². The smallest absolute Gasteiger partial charge is 0.395 e. The highest BCUT2D eigenvalue weighted by molar-refractivity contribution is 6.33. The summed E-state index contributed by atoms with van der Waals surface area (Å²) in [5.41, 5.74) is 0.0498. The van der Waals surface area contributed by atoms with Crippen LogP contribution >= 0.6 is 11.6 Å². The van der Waals surface area contributed by atoms with Crippen LogP contribution in [0.4, 0.5) is 23.4 Å². The van der Waals surface area contributed by atoms with Crippen LogP contribution in [0.15, 0.2) is 36.8 Å². The molecule has 1 amide bonds. The number of carbonyl (C=O) groups excluding carboxylic acids is 1. The summed E-state index contributed by atoms with van der Waals surface area (Å²) in [6.45, 7) is -3.21. The third-order valence-corrected chi connectivity index (χ3v) is 4.11. The highest BCUT2D eigenvalue weighted by Crippen LogP contribution is 2.45. The molecule has 2 aromatic heterocycles. The van der Waals surface area contributed by atoms with E-state index in [1.807, 2.05) is 0 Å². The molecule has 3 heterocycles. The predicted molar refractivity (Wildman–Crippen MR) is 90.1 cm³/mol. The fourth-order valence-corrected chi connectivity index (χ4v) is 2.80. The molecule has 13 heteroatoms. The number of anilines is 1. The molecule has 0 saturated heterocycles. The molecule has 0 unspecified atom stereocenters. The van der Waals surface area contributed by atoms with Crippen LogP contribution in [0.3, 0.4) is 0 Å². The van der Waals surface area contributed by atoms with Gasteiger partial charge in [0, 0.05) is 17.8 Å². The van der Waals surface area contributed by atoms with E-state index in [1.54, 1.807) is 0 Å². The van der Waals surface area contributed by atoms with E-state index in [2.05, 4.69) is 29.6 Å². The third-order valence-electron chi connectivity index (χ3n) is 3.80. The normalized spacial score (nSPS) is 14.3. The van der Waals surface area contributed by atoms with E-state index in [-0.39, 0.29) is 38.4 Å². The topological polar surface area (TPSA) is 93.2 Å². The zero-order chi connectivity index (χ0) is 20.8. The minimum Gasteiger partial charge on any atom is -0.395 e. The molecule has 0 fully saturated rings. The number of hydrogen-bond acceptors (Lipinski definition) is 6. The van der Waals surface area contributed by atoms with Gasteiger partial charge < -0.3 is 9.47 Å². The van der Waals surface area contributed by atoms with Gasteiger partial charge in [-0.25, -0.2) is 9.88 Å². The number of halogens is 5. The molecule has 3 aromatic rings. The number of amides is 1. The van der Waals surface area contributed by atoms with Gasteiger partial charge in [-0.2, -0.15) is 13.9 Å². The molecule has 1 aliphatic rings. The van der Waals surface area contributed by atoms with Gasteiger partial charge in [0.1, 0.15) is 5.69 Å². The number of aromatic nitrogens is 4. The average molecular weight is 430 g/mol. The Kier molecular flexibility index (Phi) is 4.49. The van der Waals surface area contributed by atoms with Crippen molar-refractivity contribution in [1.29, 1.82) is 0 Å². The lowest BCUT2D eigenvalue weighted by molar-refractivity contribution is -0.286. The largest absolute Gasteiger partial charge is 0.586 e. The van der Waals surface area contributed by atoms with Gasteiger partial charge in [0.25, 0.3) is 5.91 Å². The Labute approximate surface area is 164 Å². The molecule has 4 rings (SSSR count). The molecule has 0 radical (unpaired) electrons. The number of ether oxygens (including phenoxy) is 2. The molecule has 29 heavy (non-hydrogen) atoms. The van der Waals surface area contributed by atoms with Crippen molar-refractivity contribution < 1.29 is 31.8 Å². The van der Waals surface area contributed by atoms with Gasteiger partial charge in [0.15, 0.2) is 17.3 Å². The van der Waals surface area contributed by atoms with Crippen molar-refractivity contribution >= 4 is 23.3 Å². The highest BCUT2D eigenvalue weighted by atomic mass is 35.5. The second kappa shape index (κ2) is 6.88. The summed E-state index contributed by atoms with van der Waals surface area (Å²) in [5, 5.41) is 5.82. The summed E-state index contributed by atoms with van der Waals surface area (Å²) >= 11 is 6.06. The van der Waals surface area contributed by atoms with Crippen molar-refractivity contribution in [2.45, 2.75) is 12.8 Å². The summed E-state index contributed by atoms with van der Waals surface area (Å²) in [5.74, 6) is -2.04. The zero-order valence-electron chi connectivity index (χ0n) is 13.9. The molecular formula is C16H8ClF4N5O3. The molecule has 1 aromatic carbocycles. The maximum absolute atomic E-state index is 13.4. The van der Waals surface area contributed by atoms with E-state index >= 15 is 0 Å². The van der Waals surface area contributed by atoms with Crippen LogP contribution in [0.2, 0.25) is 5.02 Å². The van der Waals surface area contributed by atoms with Gasteiger partial charge in [-0.05, 0) is 12.1 Å². The van der Waals surface area contributed by atoms with E-state index in [9.17, 15) is 22.4 Å². The molecule has 0 atom stereocenters. The fourth-order valence-electron chi connectivity index (χ4n) is 2.55. The van der Waals surface area contributed by atoms with Gasteiger partial charge in [0.05, 0.1) is 23.1 Å². The van der Waals surface area contributed by atoms with Gasteiger partial charge >= 0.3 is 12.8 Å². The fraction of sp³-hybridized carbons (Fsp3) is 0.125. The van der Waals surface area contributed by atoms with Crippen molar-refractivity contribution in [2.24, 2.45) is 0 Å². The highest BCUT2D eigenvalue weighted by Gasteiger charge is 2.44. The van der Waals surface area contributed by atoms with Crippen molar-refractivity contribution in [3.63, 3.8) is 0 Å². The molecule has 0 bridgehead atoms. The van der Waals surface area contributed by atoms with Crippen LogP contribution in [0, 0.1) is 0 Å². The van der Waals surface area contributed by atoms with E-state index < -0.39 is 24.6 Å². The number of aromatic amines is 1. The molecule has 1 aliphatic heterocycles. The minimum absolute atomic E-state index is 0.00801. The average Bonchev–Trinajstić information content (AvgIpc) is 3.28.